The molecule has 0 aliphatic carbocycles. The zero-order valence-electron chi connectivity index (χ0n) is 6.81. The van der Waals surface area contributed by atoms with Gasteiger partial charge in [-0.25, -0.2) is 0 Å². The average molecular weight is 256 g/mol. The first-order chi connectivity index (χ1) is 4.76. The minimum absolute atomic E-state index is 0.0631. The van der Waals surface area contributed by atoms with E-state index in [4.69, 9.17) is 0 Å². The van der Waals surface area contributed by atoms with E-state index in [-0.39, 0.29) is 6.10 Å². The lowest BCUT2D eigenvalue weighted by molar-refractivity contribution is 0.108. The molecule has 2 heteroatoms. The van der Waals surface area contributed by atoms with E-state index in [1.807, 2.05) is 0 Å². The quantitative estimate of drug-likeness (QED) is 0.592. The zero-order chi connectivity index (χ0) is 7.98. The molecule has 0 heterocycles. The molecule has 62 valence electrons. The van der Waals surface area contributed by atoms with Gasteiger partial charge in [-0.1, -0.05) is 49.3 Å². The first-order valence-corrected chi connectivity index (χ1v) is 5.52. The molecule has 0 saturated heterocycles. The molecule has 0 rings (SSSR count). The summed E-state index contributed by atoms with van der Waals surface area (Å²) in [6.07, 6.45) is 3.09. The van der Waals surface area contributed by atoms with Crippen LogP contribution >= 0.6 is 22.6 Å². The van der Waals surface area contributed by atoms with Crippen molar-refractivity contribution in [1.82, 2.24) is 0 Å². The van der Waals surface area contributed by atoms with Crippen molar-refractivity contribution >= 4 is 22.6 Å². The predicted molar refractivity (Wildman–Crippen MR) is 53.6 cm³/mol. The van der Waals surface area contributed by atoms with Crippen molar-refractivity contribution in [3.8, 4) is 0 Å². The maximum absolute atomic E-state index is 9.50. The Balaban J connectivity index is 3.53. The van der Waals surface area contributed by atoms with Crippen LogP contribution in [0.25, 0.3) is 0 Å². The third-order valence-electron chi connectivity index (χ3n) is 1.85. The topological polar surface area (TPSA) is 20.2 Å². The first-order valence-electron chi connectivity index (χ1n) is 4.00. The molecule has 0 bridgehead atoms. The standard InChI is InChI=1S/C8H17IO/c1-3-5-8(10)7(4-2)6-9/h7-8,10H,3-6H2,1-2H3. The van der Waals surface area contributed by atoms with Gasteiger partial charge in [-0.15, -0.1) is 0 Å². The molecule has 1 N–H and O–H groups in total. The zero-order valence-corrected chi connectivity index (χ0v) is 8.97. The van der Waals surface area contributed by atoms with Crippen LogP contribution in [0.3, 0.4) is 0 Å². The highest BCUT2D eigenvalue weighted by atomic mass is 127. The van der Waals surface area contributed by atoms with E-state index < -0.39 is 0 Å². The molecule has 0 saturated carbocycles. The van der Waals surface area contributed by atoms with Crippen molar-refractivity contribution in [1.29, 1.82) is 0 Å². The second kappa shape index (κ2) is 6.40. The van der Waals surface area contributed by atoms with Crippen LogP contribution in [-0.4, -0.2) is 15.6 Å². The van der Waals surface area contributed by atoms with Gasteiger partial charge >= 0.3 is 0 Å². The van der Waals surface area contributed by atoms with E-state index in [1.54, 1.807) is 0 Å². The van der Waals surface area contributed by atoms with Crippen LogP contribution in [-0.2, 0) is 0 Å². The average Bonchev–Trinajstić information content (AvgIpc) is 1.91. The first kappa shape index (κ1) is 10.7. The summed E-state index contributed by atoms with van der Waals surface area (Å²) >= 11 is 2.34. The van der Waals surface area contributed by atoms with E-state index in [9.17, 15) is 5.11 Å². The molecule has 10 heavy (non-hydrogen) atoms. The van der Waals surface area contributed by atoms with Crippen molar-refractivity contribution in [2.24, 2.45) is 5.92 Å². The smallest absolute Gasteiger partial charge is 0.0575 e. The Kier molecular flexibility index (Phi) is 6.85. The third kappa shape index (κ3) is 3.76. The van der Waals surface area contributed by atoms with Crippen LogP contribution in [0.1, 0.15) is 33.1 Å². The van der Waals surface area contributed by atoms with Gasteiger partial charge in [0.15, 0.2) is 0 Å². The molecule has 0 radical (unpaired) electrons. The molecule has 0 aliphatic heterocycles. The van der Waals surface area contributed by atoms with Crippen LogP contribution in [0.2, 0.25) is 0 Å². The van der Waals surface area contributed by atoms with E-state index >= 15 is 0 Å². The number of rotatable bonds is 5. The summed E-state index contributed by atoms with van der Waals surface area (Å²) in [4.78, 5) is 0. The third-order valence-corrected chi connectivity index (χ3v) is 2.98. The highest BCUT2D eigenvalue weighted by Gasteiger charge is 2.13. The summed E-state index contributed by atoms with van der Waals surface area (Å²) in [5.74, 6) is 0.514. The van der Waals surface area contributed by atoms with Gasteiger partial charge in [-0.05, 0) is 12.3 Å². The maximum Gasteiger partial charge on any atom is 0.0575 e. The predicted octanol–water partition coefficient (Wildman–Crippen LogP) is 2.61. The van der Waals surface area contributed by atoms with Gasteiger partial charge in [0.2, 0.25) is 0 Å². The summed E-state index contributed by atoms with van der Waals surface area (Å²) in [5.41, 5.74) is 0. The monoisotopic (exact) mass is 256 g/mol. The Morgan fingerprint density at radius 2 is 2.00 bits per heavy atom. The number of aliphatic hydroxyl groups is 1. The molecule has 2 unspecified atom stereocenters. The van der Waals surface area contributed by atoms with Crippen LogP contribution in [0.4, 0.5) is 0 Å². The van der Waals surface area contributed by atoms with Gasteiger partial charge in [0.25, 0.3) is 0 Å². The van der Waals surface area contributed by atoms with Gasteiger partial charge in [0.1, 0.15) is 0 Å². The normalized spacial score (nSPS) is 16.8. The maximum atomic E-state index is 9.50. The molecular weight excluding hydrogens is 239 g/mol. The van der Waals surface area contributed by atoms with Gasteiger partial charge in [0, 0.05) is 4.43 Å². The Morgan fingerprint density at radius 3 is 2.30 bits per heavy atom. The summed E-state index contributed by atoms with van der Waals surface area (Å²) in [6, 6.07) is 0. The summed E-state index contributed by atoms with van der Waals surface area (Å²) in [6.45, 7) is 4.26. The molecule has 0 amide bonds. The Hall–Kier alpha value is 0.690. The fourth-order valence-corrected chi connectivity index (χ4v) is 2.23. The molecule has 0 aliphatic rings. The highest BCUT2D eigenvalue weighted by molar-refractivity contribution is 14.1. The van der Waals surface area contributed by atoms with E-state index in [0.29, 0.717) is 5.92 Å². The number of alkyl halides is 1. The highest BCUT2D eigenvalue weighted by Crippen LogP contribution is 2.15. The second-order valence-corrected chi connectivity index (χ2v) is 3.56. The number of halogens is 1. The Bertz CT molecular complexity index is 71.7. The lowest BCUT2D eigenvalue weighted by Crippen LogP contribution is -2.20. The SMILES string of the molecule is CCCC(O)C(CC)CI. The van der Waals surface area contributed by atoms with Gasteiger partial charge in [0.05, 0.1) is 6.10 Å². The molecule has 0 aromatic rings. The Morgan fingerprint density at radius 1 is 1.40 bits per heavy atom. The van der Waals surface area contributed by atoms with Crippen molar-refractivity contribution in [2.75, 3.05) is 4.43 Å². The van der Waals surface area contributed by atoms with Gasteiger partial charge in [-0.2, -0.15) is 0 Å². The van der Waals surface area contributed by atoms with Gasteiger partial charge in [-0.3, -0.25) is 0 Å². The lowest BCUT2D eigenvalue weighted by atomic mass is 9.98. The van der Waals surface area contributed by atoms with Crippen LogP contribution in [0, 0.1) is 5.92 Å². The largest absolute Gasteiger partial charge is 0.393 e. The lowest BCUT2D eigenvalue weighted by Gasteiger charge is -2.17. The fraction of sp³-hybridized carbons (Fsp3) is 1.00. The molecule has 1 nitrogen and oxygen atoms in total. The minimum atomic E-state index is -0.0631. The molecule has 0 fully saturated rings. The van der Waals surface area contributed by atoms with Crippen LogP contribution in [0.5, 0.6) is 0 Å². The summed E-state index contributed by atoms with van der Waals surface area (Å²) in [5, 5.41) is 9.50. The molecular formula is C8H17IO. The van der Waals surface area contributed by atoms with E-state index in [1.165, 1.54) is 0 Å². The second-order valence-electron chi connectivity index (χ2n) is 2.68. The van der Waals surface area contributed by atoms with Gasteiger partial charge < -0.3 is 5.11 Å². The fourth-order valence-electron chi connectivity index (χ4n) is 1.02. The van der Waals surface area contributed by atoms with Crippen molar-refractivity contribution < 1.29 is 5.11 Å². The van der Waals surface area contributed by atoms with Crippen LogP contribution in [0.15, 0.2) is 0 Å². The van der Waals surface area contributed by atoms with Crippen molar-refractivity contribution in [3.05, 3.63) is 0 Å². The van der Waals surface area contributed by atoms with Crippen molar-refractivity contribution in [3.63, 3.8) is 0 Å². The Labute approximate surface area is 77.3 Å². The number of hydrogen-bond acceptors (Lipinski definition) is 1. The molecule has 0 spiro atoms. The number of hydrogen-bond donors (Lipinski definition) is 1. The van der Waals surface area contributed by atoms with Crippen LogP contribution < -0.4 is 0 Å². The van der Waals surface area contributed by atoms with E-state index in [2.05, 4.69) is 36.4 Å². The molecule has 2 atom stereocenters. The molecule has 0 aromatic heterocycles. The van der Waals surface area contributed by atoms with E-state index in [0.717, 1.165) is 23.7 Å². The molecule has 0 aromatic carbocycles. The van der Waals surface area contributed by atoms with Crippen molar-refractivity contribution in [2.45, 2.75) is 39.2 Å². The summed E-state index contributed by atoms with van der Waals surface area (Å²) in [7, 11) is 0. The number of aliphatic hydroxyl groups excluding tert-OH is 1. The minimum Gasteiger partial charge on any atom is -0.393 e. The summed E-state index contributed by atoms with van der Waals surface area (Å²) < 4.78 is 1.08.